The van der Waals surface area contributed by atoms with E-state index in [1.165, 1.54) is 0 Å². The Morgan fingerprint density at radius 3 is 2.57 bits per heavy atom. The average molecular weight is 513 g/mol. The third-order valence-electron chi connectivity index (χ3n) is 6.63. The molecule has 35 heavy (non-hydrogen) atoms. The summed E-state index contributed by atoms with van der Waals surface area (Å²) in [6.45, 7) is 4.81. The highest BCUT2D eigenvalue weighted by atomic mass is 35.5. The molecule has 8 nitrogen and oxygen atoms in total. The number of rotatable bonds is 5. The van der Waals surface area contributed by atoms with Crippen LogP contribution >= 0.6 is 11.6 Å². The zero-order valence-corrected chi connectivity index (χ0v) is 21.4. The second-order valence-corrected chi connectivity index (χ2v) is 11.4. The van der Waals surface area contributed by atoms with Crippen LogP contribution < -0.4 is 15.1 Å². The van der Waals surface area contributed by atoms with Crippen LogP contribution in [-0.4, -0.2) is 62.5 Å². The highest BCUT2D eigenvalue weighted by Crippen LogP contribution is 2.34. The smallest absolute Gasteiger partial charge is 0.243 e. The number of nitrogens with zero attached hydrogens (tertiary/aromatic N) is 5. The fourth-order valence-corrected chi connectivity index (χ4v) is 6.36. The summed E-state index contributed by atoms with van der Waals surface area (Å²) in [5, 5.41) is 4.19. The van der Waals surface area contributed by atoms with Gasteiger partial charge in [0, 0.05) is 67.9 Å². The van der Waals surface area contributed by atoms with Crippen molar-refractivity contribution in [3.05, 3.63) is 71.1 Å². The van der Waals surface area contributed by atoms with Gasteiger partial charge in [-0.1, -0.05) is 23.7 Å². The summed E-state index contributed by atoms with van der Waals surface area (Å²) in [6.07, 6.45) is 2.74. The Labute approximate surface area is 211 Å². The van der Waals surface area contributed by atoms with Crippen LogP contribution in [0.1, 0.15) is 23.9 Å². The fourth-order valence-electron chi connectivity index (χ4n) is 4.71. The summed E-state index contributed by atoms with van der Waals surface area (Å²) in [5.74, 6) is 1.66. The van der Waals surface area contributed by atoms with Crippen molar-refractivity contribution in [3.8, 4) is 0 Å². The molecule has 0 bridgehead atoms. The second kappa shape index (κ2) is 9.64. The molecular weight excluding hydrogens is 484 g/mol. The van der Waals surface area contributed by atoms with E-state index in [9.17, 15) is 8.42 Å². The number of fused-ring (bicyclic) bond motifs is 1. The van der Waals surface area contributed by atoms with Crippen molar-refractivity contribution in [3.63, 3.8) is 0 Å². The van der Waals surface area contributed by atoms with Crippen LogP contribution in [0.4, 0.5) is 17.2 Å². The van der Waals surface area contributed by atoms with Gasteiger partial charge >= 0.3 is 0 Å². The zero-order valence-electron chi connectivity index (χ0n) is 19.9. The highest BCUT2D eigenvalue weighted by molar-refractivity contribution is 7.89. The fraction of sp³-hybridized carbons (Fsp3) is 0.360. The predicted molar refractivity (Wildman–Crippen MR) is 140 cm³/mol. The molecule has 2 aliphatic rings. The van der Waals surface area contributed by atoms with E-state index < -0.39 is 10.0 Å². The van der Waals surface area contributed by atoms with E-state index in [1.54, 1.807) is 22.5 Å². The molecule has 1 saturated heterocycles. The third kappa shape index (κ3) is 4.94. The number of hydrogen-bond donors (Lipinski definition) is 1. The van der Waals surface area contributed by atoms with E-state index in [-0.39, 0.29) is 6.04 Å². The van der Waals surface area contributed by atoms with Crippen LogP contribution in [0.25, 0.3) is 0 Å². The van der Waals surface area contributed by atoms with Crippen LogP contribution in [-0.2, 0) is 10.0 Å². The van der Waals surface area contributed by atoms with Gasteiger partial charge in [-0.15, -0.1) is 0 Å². The Bertz CT molecular complexity index is 1330. The molecule has 1 aromatic heterocycles. The van der Waals surface area contributed by atoms with Crippen molar-refractivity contribution in [1.82, 2.24) is 14.3 Å². The minimum Gasteiger partial charge on any atom is -0.378 e. The lowest BCUT2D eigenvalue weighted by Gasteiger charge is -2.35. The first-order chi connectivity index (χ1) is 16.8. The summed E-state index contributed by atoms with van der Waals surface area (Å²) < 4.78 is 28.4. The quantitative estimate of drug-likeness (QED) is 0.554. The van der Waals surface area contributed by atoms with E-state index in [0.29, 0.717) is 36.1 Å². The van der Waals surface area contributed by atoms with Gasteiger partial charge in [-0.05, 0) is 49.7 Å². The lowest BCUT2D eigenvalue weighted by molar-refractivity contribution is 0.385. The van der Waals surface area contributed by atoms with E-state index in [1.807, 2.05) is 50.5 Å². The van der Waals surface area contributed by atoms with Crippen molar-refractivity contribution in [2.75, 3.05) is 54.9 Å². The van der Waals surface area contributed by atoms with Crippen molar-refractivity contribution < 1.29 is 8.42 Å². The lowest BCUT2D eigenvalue weighted by Crippen LogP contribution is -2.48. The Morgan fingerprint density at radius 1 is 1.03 bits per heavy atom. The maximum absolute atomic E-state index is 13.4. The molecular formula is C25H29ClN6O2S. The Kier molecular flexibility index (Phi) is 6.57. The van der Waals surface area contributed by atoms with Gasteiger partial charge in [-0.3, -0.25) is 0 Å². The molecule has 2 aromatic carbocycles. The first-order valence-electron chi connectivity index (χ1n) is 11.7. The van der Waals surface area contributed by atoms with Crippen molar-refractivity contribution >= 4 is 38.8 Å². The molecule has 2 aliphatic heterocycles. The Balaban J connectivity index is 1.30. The lowest BCUT2D eigenvalue weighted by atomic mass is 10.0. The molecule has 3 aromatic rings. The summed E-state index contributed by atoms with van der Waals surface area (Å²) in [7, 11) is -1.58. The van der Waals surface area contributed by atoms with Gasteiger partial charge in [0.25, 0.3) is 0 Å². The molecule has 0 amide bonds. The maximum atomic E-state index is 13.4. The number of nitrogens with one attached hydrogen (secondary N) is 1. The van der Waals surface area contributed by atoms with Crippen molar-refractivity contribution in [1.29, 1.82) is 0 Å². The maximum Gasteiger partial charge on any atom is 0.243 e. The number of aryl methyl sites for hydroxylation is 1. The first-order valence-corrected chi connectivity index (χ1v) is 13.5. The monoisotopic (exact) mass is 512 g/mol. The zero-order chi connectivity index (χ0) is 24.6. The molecule has 1 unspecified atom stereocenters. The van der Waals surface area contributed by atoms with Crippen LogP contribution in [0.15, 0.2) is 59.6 Å². The van der Waals surface area contributed by atoms with Crippen LogP contribution in [0, 0.1) is 6.92 Å². The minimum absolute atomic E-state index is 0.0148. The van der Waals surface area contributed by atoms with Crippen LogP contribution in [0.3, 0.4) is 0 Å². The van der Waals surface area contributed by atoms with E-state index in [0.717, 1.165) is 41.5 Å². The molecule has 10 heteroatoms. The van der Waals surface area contributed by atoms with Crippen LogP contribution in [0.2, 0.25) is 5.02 Å². The Morgan fingerprint density at radius 2 is 1.80 bits per heavy atom. The average Bonchev–Trinajstić information content (AvgIpc) is 2.86. The summed E-state index contributed by atoms with van der Waals surface area (Å²) in [6, 6.07) is 14.8. The molecule has 0 spiro atoms. The molecule has 0 radical (unpaired) electrons. The summed E-state index contributed by atoms with van der Waals surface area (Å²) in [5.41, 5.74) is 2.80. The molecule has 184 valence electrons. The molecule has 1 fully saturated rings. The molecule has 1 atom stereocenters. The van der Waals surface area contributed by atoms with Gasteiger partial charge in [0.2, 0.25) is 10.0 Å². The number of benzene rings is 2. The molecule has 0 saturated carbocycles. The standard InChI is InChI=1S/C25H29ClN6O2S/c1-18-27-17-23-24(9-10-30(2)25(23)28-18)29-20-6-4-8-22(16-20)35(33,34)32-13-11-31(12-14-32)21-7-3-5-19(26)15-21/h3-8,15-17,24,29H,9-14H2,1-2H3. The van der Waals surface area contributed by atoms with Gasteiger partial charge in [0.1, 0.15) is 11.6 Å². The number of aromatic nitrogens is 2. The van der Waals surface area contributed by atoms with E-state index in [4.69, 9.17) is 11.6 Å². The first kappa shape index (κ1) is 23.8. The molecule has 5 rings (SSSR count). The summed E-state index contributed by atoms with van der Waals surface area (Å²) in [4.78, 5) is 13.6. The number of hydrogen-bond acceptors (Lipinski definition) is 7. The van der Waals surface area contributed by atoms with Gasteiger partial charge in [-0.25, -0.2) is 18.4 Å². The number of anilines is 3. The minimum atomic E-state index is -3.61. The number of sulfonamides is 1. The largest absolute Gasteiger partial charge is 0.378 e. The van der Waals surface area contributed by atoms with E-state index in [2.05, 4.69) is 25.1 Å². The number of piperazine rings is 1. The SMILES string of the molecule is Cc1ncc2c(n1)N(C)CCC2Nc1cccc(S(=O)(=O)N2CCN(c3cccc(Cl)c3)CC2)c1. The predicted octanol–water partition coefficient (Wildman–Crippen LogP) is 3.94. The van der Waals surface area contributed by atoms with Gasteiger partial charge in [-0.2, -0.15) is 4.31 Å². The number of halogens is 1. The topological polar surface area (TPSA) is 81.7 Å². The van der Waals surface area contributed by atoms with Gasteiger partial charge < -0.3 is 15.1 Å². The van der Waals surface area contributed by atoms with Crippen LogP contribution in [0.5, 0.6) is 0 Å². The summed E-state index contributed by atoms with van der Waals surface area (Å²) >= 11 is 6.12. The molecule has 1 N–H and O–H groups in total. The third-order valence-corrected chi connectivity index (χ3v) is 8.76. The Hall–Kier alpha value is -2.88. The normalized spacial score (nSPS) is 18.9. The van der Waals surface area contributed by atoms with Crippen molar-refractivity contribution in [2.45, 2.75) is 24.3 Å². The molecule has 0 aliphatic carbocycles. The van der Waals surface area contributed by atoms with E-state index >= 15 is 0 Å². The van der Waals surface area contributed by atoms with Gasteiger partial charge in [0.15, 0.2) is 0 Å². The molecule has 3 heterocycles. The van der Waals surface area contributed by atoms with Gasteiger partial charge in [0.05, 0.1) is 10.9 Å². The second-order valence-electron chi connectivity index (χ2n) is 9.00. The van der Waals surface area contributed by atoms with Crippen molar-refractivity contribution in [2.24, 2.45) is 0 Å². The highest BCUT2D eigenvalue weighted by Gasteiger charge is 2.30.